The van der Waals surface area contributed by atoms with E-state index in [1.807, 2.05) is 6.92 Å². The third-order valence-electron chi connectivity index (χ3n) is 3.33. The van der Waals surface area contributed by atoms with Crippen molar-refractivity contribution in [3.63, 3.8) is 0 Å². The lowest BCUT2D eigenvalue weighted by Crippen LogP contribution is -2.31. The predicted octanol–water partition coefficient (Wildman–Crippen LogP) is 2.69. The summed E-state index contributed by atoms with van der Waals surface area (Å²) < 4.78 is 10.8. The van der Waals surface area contributed by atoms with Crippen molar-refractivity contribution < 1.29 is 23.9 Å². The Bertz CT molecular complexity index is 717. The van der Waals surface area contributed by atoms with Crippen molar-refractivity contribution in [1.29, 1.82) is 0 Å². The molecule has 7 nitrogen and oxygen atoms in total. The maximum absolute atomic E-state index is 12.2. The summed E-state index contributed by atoms with van der Waals surface area (Å²) in [6.45, 7) is 4.11. The molecule has 1 N–H and O–H groups in total. The van der Waals surface area contributed by atoms with Crippen molar-refractivity contribution in [1.82, 2.24) is 10.2 Å². The van der Waals surface area contributed by atoms with Gasteiger partial charge in [0.25, 0.3) is 5.91 Å². The van der Waals surface area contributed by atoms with Gasteiger partial charge in [0.05, 0.1) is 11.1 Å². The van der Waals surface area contributed by atoms with Gasteiger partial charge in [-0.25, -0.2) is 9.59 Å². The fraction of sp³-hybridized carbons (Fsp3) is 0.353. The van der Waals surface area contributed by atoms with Gasteiger partial charge in [0.2, 0.25) is 0 Å². The summed E-state index contributed by atoms with van der Waals surface area (Å²) >= 11 is 3.36. The number of esters is 1. The summed E-state index contributed by atoms with van der Waals surface area (Å²) in [6.07, 6.45) is 2.29. The summed E-state index contributed by atoms with van der Waals surface area (Å²) in [4.78, 5) is 36.5. The van der Waals surface area contributed by atoms with E-state index in [2.05, 4.69) is 21.2 Å². The molecule has 0 aromatic heterocycles. The van der Waals surface area contributed by atoms with Gasteiger partial charge in [0.1, 0.15) is 11.4 Å². The predicted molar refractivity (Wildman–Crippen MR) is 94.8 cm³/mol. The summed E-state index contributed by atoms with van der Waals surface area (Å²) in [5.74, 6) is -0.314. The van der Waals surface area contributed by atoms with Crippen LogP contribution in [-0.2, 0) is 14.3 Å². The first kappa shape index (κ1) is 19.0. The molecule has 0 bridgehead atoms. The zero-order chi connectivity index (χ0) is 18.4. The van der Waals surface area contributed by atoms with Crippen LogP contribution >= 0.6 is 15.9 Å². The first-order valence-corrected chi connectivity index (χ1v) is 8.68. The second-order valence-electron chi connectivity index (χ2n) is 5.23. The molecule has 2 rings (SSSR count). The van der Waals surface area contributed by atoms with Crippen LogP contribution in [0, 0.1) is 0 Å². The Morgan fingerprint density at radius 1 is 1.32 bits per heavy atom. The van der Waals surface area contributed by atoms with Gasteiger partial charge in [-0.3, -0.25) is 9.69 Å². The topological polar surface area (TPSA) is 84.9 Å². The van der Waals surface area contributed by atoms with Crippen LogP contribution < -0.4 is 10.1 Å². The van der Waals surface area contributed by atoms with Crippen LogP contribution in [0.1, 0.15) is 25.8 Å². The van der Waals surface area contributed by atoms with Crippen molar-refractivity contribution >= 4 is 39.9 Å². The van der Waals surface area contributed by atoms with Crippen molar-refractivity contribution in [3.05, 3.63) is 33.9 Å². The van der Waals surface area contributed by atoms with Gasteiger partial charge in [-0.05, 0) is 53.0 Å². The SMILES string of the molecule is CCCN1C(=O)N/C(=C/c2ccc(OCC(=O)OCC)c(Br)c2)C1=O. The Labute approximate surface area is 154 Å². The number of hydrogen-bond acceptors (Lipinski definition) is 5. The molecule has 3 amide bonds. The van der Waals surface area contributed by atoms with E-state index >= 15 is 0 Å². The second-order valence-corrected chi connectivity index (χ2v) is 6.08. The van der Waals surface area contributed by atoms with E-state index in [9.17, 15) is 14.4 Å². The van der Waals surface area contributed by atoms with Gasteiger partial charge >= 0.3 is 12.0 Å². The van der Waals surface area contributed by atoms with Gasteiger partial charge < -0.3 is 14.8 Å². The Morgan fingerprint density at radius 3 is 2.72 bits per heavy atom. The van der Waals surface area contributed by atoms with Crippen LogP contribution in [0.4, 0.5) is 4.79 Å². The van der Waals surface area contributed by atoms with Crippen LogP contribution in [0.15, 0.2) is 28.4 Å². The molecular weight excluding hydrogens is 392 g/mol. The highest BCUT2D eigenvalue weighted by molar-refractivity contribution is 9.10. The fourth-order valence-corrected chi connectivity index (χ4v) is 2.74. The molecule has 0 unspecified atom stereocenters. The smallest absolute Gasteiger partial charge is 0.344 e. The molecule has 1 heterocycles. The van der Waals surface area contributed by atoms with E-state index in [0.717, 1.165) is 0 Å². The van der Waals surface area contributed by atoms with Crippen molar-refractivity contribution in [3.8, 4) is 5.75 Å². The number of halogens is 1. The molecule has 1 aromatic rings. The molecule has 25 heavy (non-hydrogen) atoms. The Kier molecular flexibility index (Phi) is 6.58. The van der Waals surface area contributed by atoms with Crippen LogP contribution in [0.25, 0.3) is 6.08 Å². The van der Waals surface area contributed by atoms with Crippen molar-refractivity contribution in [2.75, 3.05) is 19.8 Å². The minimum absolute atomic E-state index is 0.187. The number of nitrogens with zero attached hydrogens (tertiary/aromatic N) is 1. The fourth-order valence-electron chi connectivity index (χ4n) is 2.23. The Hall–Kier alpha value is -2.35. The number of urea groups is 1. The number of benzene rings is 1. The first-order chi connectivity index (χ1) is 12.0. The molecule has 0 saturated carbocycles. The van der Waals surface area contributed by atoms with Crippen LogP contribution in [0.3, 0.4) is 0 Å². The lowest BCUT2D eigenvalue weighted by atomic mass is 10.2. The van der Waals surface area contributed by atoms with Gasteiger partial charge in [-0.1, -0.05) is 13.0 Å². The monoisotopic (exact) mass is 410 g/mol. The van der Waals surface area contributed by atoms with E-state index in [-0.39, 0.29) is 18.2 Å². The number of imide groups is 1. The number of amides is 3. The average molecular weight is 411 g/mol. The standard InChI is InChI=1S/C17H19BrN2O5/c1-3-7-20-16(22)13(19-17(20)23)9-11-5-6-14(12(18)8-11)25-10-15(21)24-4-2/h5-6,8-9H,3-4,7,10H2,1-2H3,(H,19,23)/b13-9+. The molecule has 1 aliphatic heterocycles. The maximum atomic E-state index is 12.2. The largest absolute Gasteiger partial charge is 0.481 e. The van der Waals surface area contributed by atoms with Crippen LogP contribution in [0.5, 0.6) is 5.75 Å². The molecule has 1 saturated heterocycles. The highest BCUT2D eigenvalue weighted by Crippen LogP contribution is 2.27. The number of carbonyl (C=O) groups is 3. The van der Waals surface area contributed by atoms with Crippen LogP contribution in [0.2, 0.25) is 0 Å². The third kappa shape index (κ3) is 4.82. The lowest BCUT2D eigenvalue weighted by molar-refractivity contribution is -0.145. The van der Waals surface area contributed by atoms with Gasteiger partial charge in [0, 0.05) is 6.54 Å². The number of ether oxygens (including phenoxy) is 2. The number of rotatable bonds is 7. The summed E-state index contributed by atoms with van der Waals surface area (Å²) in [6, 6.07) is 4.71. The lowest BCUT2D eigenvalue weighted by Gasteiger charge is -2.09. The Balaban J connectivity index is 2.09. The van der Waals surface area contributed by atoms with Crippen LogP contribution in [-0.4, -0.2) is 42.6 Å². The highest BCUT2D eigenvalue weighted by Gasteiger charge is 2.32. The molecular formula is C17H19BrN2O5. The molecule has 8 heteroatoms. The van der Waals surface area contributed by atoms with E-state index in [1.165, 1.54) is 4.90 Å². The van der Waals surface area contributed by atoms with Gasteiger partial charge in [-0.15, -0.1) is 0 Å². The summed E-state index contributed by atoms with van der Waals surface area (Å²) in [5.41, 5.74) is 0.933. The Morgan fingerprint density at radius 2 is 2.08 bits per heavy atom. The molecule has 0 radical (unpaired) electrons. The molecule has 0 aliphatic carbocycles. The third-order valence-corrected chi connectivity index (χ3v) is 3.95. The maximum Gasteiger partial charge on any atom is 0.344 e. The van der Waals surface area contributed by atoms with Crippen molar-refractivity contribution in [2.45, 2.75) is 20.3 Å². The molecule has 1 aliphatic rings. The first-order valence-electron chi connectivity index (χ1n) is 7.88. The zero-order valence-corrected chi connectivity index (χ0v) is 15.6. The quantitative estimate of drug-likeness (QED) is 0.424. The van der Waals surface area contributed by atoms with E-state index in [1.54, 1.807) is 31.2 Å². The number of carbonyl (C=O) groups excluding carboxylic acids is 3. The summed E-state index contributed by atoms with van der Waals surface area (Å²) in [5, 5.41) is 2.57. The average Bonchev–Trinajstić information content (AvgIpc) is 2.82. The second kappa shape index (κ2) is 8.66. The van der Waals surface area contributed by atoms with Crippen molar-refractivity contribution in [2.24, 2.45) is 0 Å². The van der Waals surface area contributed by atoms with E-state index in [0.29, 0.717) is 35.4 Å². The minimum atomic E-state index is -0.448. The molecule has 1 fully saturated rings. The molecule has 0 spiro atoms. The number of hydrogen-bond donors (Lipinski definition) is 1. The van der Waals surface area contributed by atoms with E-state index < -0.39 is 12.0 Å². The van der Waals surface area contributed by atoms with Gasteiger partial charge in [0.15, 0.2) is 6.61 Å². The zero-order valence-electron chi connectivity index (χ0n) is 14.0. The number of nitrogens with one attached hydrogen (secondary N) is 1. The summed E-state index contributed by atoms with van der Waals surface area (Å²) in [7, 11) is 0. The minimum Gasteiger partial charge on any atom is -0.481 e. The molecule has 1 aromatic carbocycles. The molecule has 134 valence electrons. The van der Waals surface area contributed by atoms with Gasteiger partial charge in [-0.2, -0.15) is 0 Å². The molecule has 0 atom stereocenters. The highest BCUT2D eigenvalue weighted by atomic mass is 79.9. The van der Waals surface area contributed by atoms with E-state index in [4.69, 9.17) is 9.47 Å². The normalized spacial score (nSPS) is 15.5.